The topological polar surface area (TPSA) is 46.6 Å². The van der Waals surface area contributed by atoms with Crippen molar-refractivity contribution in [2.45, 2.75) is 13.8 Å². The van der Waals surface area contributed by atoms with Crippen LogP contribution in [0.4, 0.5) is 0 Å². The third-order valence-corrected chi connectivity index (χ3v) is 2.41. The van der Waals surface area contributed by atoms with Gasteiger partial charge in [-0.05, 0) is 26.0 Å². The molecule has 0 unspecified atom stereocenters. The van der Waals surface area contributed by atoms with Gasteiger partial charge in [0, 0.05) is 12.6 Å². The zero-order valence-electron chi connectivity index (χ0n) is 10.6. The maximum atomic E-state index is 12.0. The number of nitrogens with zero attached hydrogens (tertiary/aromatic N) is 1. The fourth-order valence-corrected chi connectivity index (χ4v) is 1.65. The lowest BCUT2D eigenvalue weighted by atomic mass is 10.1. The van der Waals surface area contributed by atoms with Crippen molar-refractivity contribution in [3.8, 4) is 0 Å². The van der Waals surface area contributed by atoms with Gasteiger partial charge in [-0.2, -0.15) is 0 Å². The normalized spacial score (nSPS) is 9.88. The van der Waals surface area contributed by atoms with Crippen molar-refractivity contribution in [3.63, 3.8) is 0 Å². The molecule has 92 valence electrons. The highest BCUT2D eigenvalue weighted by molar-refractivity contribution is 5.96. The van der Waals surface area contributed by atoms with Gasteiger partial charge in [0.1, 0.15) is 6.54 Å². The summed E-state index contributed by atoms with van der Waals surface area (Å²) in [7, 11) is 2.88. The minimum Gasteiger partial charge on any atom is -0.468 e. The monoisotopic (exact) mass is 235 g/mol. The molecule has 0 aliphatic rings. The molecule has 1 aromatic carbocycles. The zero-order chi connectivity index (χ0) is 13.0. The predicted molar refractivity (Wildman–Crippen MR) is 64.9 cm³/mol. The number of hydrogen-bond acceptors (Lipinski definition) is 3. The van der Waals surface area contributed by atoms with Crippen LogP contribution in [0.2, 0.25) is 0 Å². The number of hydrogen-bond donors (Lipinski definition) is 0. The molecule has 0 atom stereocenters. The van der Waals surface area contributed by atoms with Crippen LogP contribution in [0.5, 0.6) is 0 Å². The number of carbonyl (C=O) groups excluding carboxylic acids is 2. The summed E-state index contributed by atoms with van der Waals surface area (Å²) in [6.45, 7) is 3.83. The molecule has 0 spiro atoms. The van der Waals surface area contributed by atoms with Gasteiger partial charge in [-0.1, -0.05) is 17.2 Å². The Morgan fingerprint density at radius 3 is 2.18 bits per heavy atom. The van der Waals surface area contributed by atoms with E-state index in [0.717, 1.165) is 11.1 Å². The standard InChI is InChI=1S/C13H17NO3/c1-9-5-10(2)7-11(6-9)13(16)14(3)8-12(15)17-4/h5-7H,8H2,1-4H3. The molecule has 1 rings (SSSR count). The molecule has 1 aromatic rings. The summed E-state index contributed by atoms with van der Waals surface area (Å²) in [5.41, 5.74) is 2.65. The summed E-state index contributed by atoms with van der Waals surface area (Å²) < 4.78 is 4.52. The van der Waals surface area contributed by atoms with Crippen molar-refractivity contribution in [2.75, 3.05) is 20.7 Å². The third-order valence-electron chi connectivity index (χ3n) is 2.41. The largest absolute Gasteiger partial charge is 0.468 e. The first-order valence-corrected chi connectivity index (χ1v) is 5.34. The first kappa shape index (κ1) is 13.2. The highest BCUT2D eigenvalue weighted by atomic mass is 16.5. The summed E-state index contributed by atoms with van der Waals surface area (Å²) in [4.78, 5) is 24.4. The summed E-state index contributed by atoms with van der Waals surface area (Å²) in [6, 6.07) is 5.61. The Morgan fingerprint density at radius 1 is 1.18 bits per heavy atom. The summed E-state index contributed by atoms with van der Waals surface area (Å²) >= 11 is 0. The van der Waals surface area contributed by atoms with Gasteiger partial charge in [0.25, 0.3) is 5.91 Å². The Kier molecular flexibility index (Phi) is 4.26. The van der Waals surface area contributed by atoms with Gasteiger partial charge < -0.3 is 9.64 Å². The van der Waals surface area contributed by atoms with Crippen LogP contribution < -0.4 is 0 Å². The molecule has 17 heavy (non-hydrogen) atoms. The molecule has 1 amide bonds. The van der Waals surface area contributed by atoms with Crippen molar-refractivity contribution in [3.05, 3.63) is 34.9 Å². The van der Waals surface area contributed by atoms with Crippen molar-refractivity contribution >= 4 is 11.9 Å². The van der Waals surface area contributed by atoms with Crippen LogP contribution >= 0.6 is 0 Å². The van der Waals surface area contributed by atoms with E-state index in [0.29, 0.717) is 5.56 Å². The lowest BCUT2D eigenvalue weighted by Crippen LogP contribution is -2.32. The van der Waals surface area contributed by atoms with E-state index in [1.807, 2.05) is 32.0 Å². The fourth-order valence-electron chi connectivity index (χ4n) is 1.65. The Hall–Kier alpha value is -1.84. The number of aryl methyl sites for hydroxylation is 2. The second-order valence-electron chi connectivity index (χ2n) is 4.11. The molecule has 4 heteroatoms. The van der Waals surface area contributed by atoms with Crippen LogP contribution in [-0.4, -0.2) is 37.5 Å². The van der Waals surface area contributed by atoms with E-state index >= 15 is 0 Å². The fraction of sp³-hybridized carbons (Fsp3) is 0.385. The van der Waals surface area contributed by atoms with Gasteiger partial charge in [-0.3, -0.25) is 9.59 Å². The minimum absolute atomic E-state index is 0.0394. The SMILES string of the molecule is COC(=O)CN(C)C(=O)c1cc(C)cc(C)c1. The number of esters is 1. The predicted octanol–water partition coefficient (Wildman–Crippen LogP) is 1.55. The lowest BCUT2D eigenvalue weighted by molar-refractivity contribution is -0.141. The van der Waals surface area contributed by atoms with E-state index in [-0.39, 0.29) is 12.5 Å². The number of benzene rings is 1. The third kappa shape index (κ3) is 3.59. The number of rotatable bonds is 3. The average molecular weight is 235 g/mol. The van der Waals surface area contributed by atoms with Crippen LogP contribution in [-0.2, 0) is 9.53 Å². The van der Waals surface area contributed by atoms with Gasteiger partial charge in [0.15, 0.2) is 0 Å². The smallest absolute Gasteiger partial charge is 0.325 e. The zero-order valence-corrected chi connectivity index (χ0v) is 10.6. The molecule has 0 heterocycles. The number of likely N-dealkylation sites (N-methyl/N-ethyl adjacent to an activating group) is 1. The van der Waals surface area contributed by atoms with Gasteiger partial charge in [-0.25, -0.2) is 0 Å². The van der Waals surface area contributed by atoms with Gasteiger partial charge in [0.05, 0.1) is 7.11 Å². The minimum atomic E-state index is -0.426. The molecule has 0 N–H and O–H groups in total. The molecule has 0 aliphatic heterocycles. The van der Waals surface area contributed by atoms with E-state index in [1.54, 1.807) is 7.05 Å². The molecule has 0 radical (unpaired) electrons. The highest BCUT2D eigenvalue weighted by Crippen LogP contribution is 2.10. The summed E-state index contributed by atoms with van der Waals surface area (Å²) in [5, 5.41) is 0. The van der Waals surface area contributed by atoms with Crippen LogP contribution in [0.3, 0.4) is 0 Å². The highest BCUT2D eigenvalue weighted by Gasteiger charge is 2.15. The Labute approximate surface area is 101 Å². The van der Waals surface area contributed by atoms with E-state index in [2.05, 4.69) is 4.74 Å². The van der Waals surface area contributed by atoms with Gasteiger partial charge >= 0.3 is 5.97 Å². The average Bonchev–Trinajstić information content (AvgIpc) is 2.26. The number of carbonyl (C=O) groups is 2. The number of methoxy groups -OCH3 is 1. The molecule has 0 saturated carbocycles. The van der Waals surface area contributed by atoms with Crippen LogP contribution in [0.1, 0.15) is 21.5 Å². The van der Waals surface area contributed by atoms with E-state index in [9.17, 15) is 9.59 Å². The quantitative estimate of drug-likeness (QED) is 0.747. The molecule has 0 aliphatic carbocycles. The van der Waals surface area contributed by atoms with Gasteiger partial charge in [0.2, 0.25) is 0 Å². The Bertz CT molecular complexity index is 420. The first-order valence-electron chi connectivity index (χ1n) is 5.34. The first-order chi connectivity index (χ1) is 7.93. The van der Waals surface area contributed by atoms with E-state index < -0.39 is 5.97 Å². The van der Waals surface area contributed by atoms with E-state index in [4.69, 9.17) is 0 Å². The molecular weight excluding hydrogens is 218 g/mol. The van der Waals surface area contributed by atoms with Crippen molar-refractivity contribution in [2.24, 2.45) is 0 Å². The van der Waals surface area contributed by atoms with Crippen molar-refractivity contribution in [1.82, 2.24) is 4.90 Å². The Balaban J connectivity index is 2.85. The summed E-state index contributed by atoms with van der Waals surface area (Å²) in [5.74, 6) is -0.604. The summed E-state index contributed by atoms with van der Waals surface area (Å²) in [6.07, 6.45) is 0. The molecule has 0 aromatic heterocycles. The molecule has 0 fully saturated rings. The second-order valence-corrected chi connectivity index (χ2v) is 4.11. The molecule has 0 bridgehead atoms. The van der Waals surface area contributed by atoms with Crippen LogP contribution in [0, 0.1) is 13.8 Å². The lowest BCUT2D eigenvalue weighted by Gasteiger charge is -2.16. The maximum absolute atomic E-state index is 12.0. The maximum Gasteiger partial charge on any atom is 0.325 e. The molecular formula is C13H17NO3. The van der Waals surface area contributed by atoms with Crippen molar-refractivity contribution < 1.29 is 14.3 Å². The van der Waals surface area contributed by atoms with Gasteiger partial charge in [-0.15, -0.1) is 0 Å². The van der Waals surface area contributed by atoms with Crippen LogP contribution in [0.25, 0.3) is 0 Å². The Morgan fingerprint density at radius 2 is 1.71 bits per heavy atom. The van der Waals surface area contributed by atoms with E-state index in [1.165, 1.54) is 12.0 Å². The van der Waals surface area contributed by atoms with Crippen molar-refractivity contribution in [1.29, 1.82) is 0 Å². The number of amides is 1. The molecule has 0 saturated heterocycles. The number of ether oxygens (including phenoxy) is 1. The second kappa shape index (κ2) is 5.48. The van der Waals surface area contributed by atoms with Crippen LogP contribution in [0.15, 0.2) is 18.2 Å². The molecule has 4 nitrogen and oxygen atoms in total.